The molecule has 2 aromatic carbocycles. The summed E-state index contributed by atoms with van der Waals surface area (Å²) in [5.74, 6) is 0.598. The van der Waals surface area contributed by atoms with Crippen LogP contribution in [0.15, 0.2) is 42.5 Å². The molecule has 0 unspecified atom stereocenters. The molecule has 120 valence electrons. The Labute approximate surface area is 148 Å². The van der Waals surface area contributed by atoms with Crippen molar-refractivity contribution in [1.82, 2.24) is 0 Å². The molecule has 0 atom stereocenters. The molecule has 0 bridgehead atoms. The van der Waals surface area contributed by atoms with Crippen molar-refractivity contribution in [2.24, 2.45) is 5.92 Å². The Morgan fingerprint density at radius 1 is 1.30 bits per heavy atom. The first-order valence-corrected chi connectivity index (χ1v) is 8.56. The Balaban J connectivity index is 1.96. The topological polar surface area (TPSA) is 55.6 Å². The smallest absolute Gasteiger partial charge is 0.268 e. The molecule has 1 aliphatic carbocycles. The van der Waals surface area contributed by atoms with E-state index in [-0.39, 0.29) is 10.6 Å². The van der Waals surface area contributed by atoms with E-state index in [1.54, 1.807) is 17.2 Å². The van der Waals surface area contributed by atoms with E-state index in [0.717, 1.165) is 14.8 Å². The zero-order valence-corrected chi connectivity index (χ0v) is 14.9. The highest BCUT2D eigenvalue weighted by atomic mass is 127. The normalized spacial score (nSPS) is 13.8. The van der Waals surface area contributed by atoms with E-state index in [0.29, 0.717) is 18.2 Å². The average Bonchev–Trinajstić information content (AvgIpc) is 3.34. The lowest BCUT2D eigenvalue weighted by Crippen LogP contribution is -2.20. The fourth-order valence-electron chi connectivity index (χ4n) is 2.33. The second-order valence-corrected chi connectivity index (χ2v) is 6.99. The van der Waals surface area contributed by atoms with Gasteiger partial charge in [0.2, 0.25) is 0 Å². The van der Waals surface area contributed by atoms with E-state index in [4.69, 9.17) is 4.84 Å². The summed E-state index contributed by atoms with van der Waals surface area (Å²) in [5.41, 5.74) is 2.71. The minimum atomic E-state index is -0.386. The van der Waals surface area contributed by atoms with Crippen LogP contribution in [-0.2, 0) is 4.84 Å². The lowest BCUT2D eigenvalue weighted by molar-refractivity contribution is -0.384. The lowest BCUT2D eigenvalue weighted by atomic mass is 10.2. The molecular formula is C17H17IN2O3. The number of nitro benzene ring substituents is 1. The van der Waals surface area contributed by atoms with E-state index in [2.05, 4.69) is 28.7 Å². The van der Waals surface area contributed by atoms with Crippen LogP contribution in [0.25, 0.3) is 0 Å². The maximum absolute atomic E-state index is 11.0. The SMILES string of the molecule is Cc1cc(I)ccc1N(OCC1CC1)c1cccc([N+](=O)[O-])c1. The summed E-state index contributed by atoms with van der Waals surface area (Å²) in [5, 5.41) is 12.8. The molecule has 5 nitrogen and oxygen atoms in total. The molecular weight excluding hydrogens is 407 g/mol. The Hall–Kier alpha value is -1.67. The van der Waals surface area contributed by atoms with Gasteiger partial charge in [0.15, 0.2) is 0 Å². The van der Waals surface area contributed by atoms with Gasteiger partial charge in [0.05, 0.1) is 22.9 Å². The van der Waals surface area contributed by atoms with Crippen LogP contribution in [0.1, 0.15) is 18.4 Å². The fourth-order valence-corrected chi connectivity index (χ4v) is 2.97. The molecule has 0 saturated heterocycles. The van der Waals surface area contributed by atoms with Gasteiger partial charge in [-0.25, -0.2) is 5.06 Å². The van der Waals surface area contributed by atoms with Crippen LogP contribution in [0.2, 0.25) is 0 Å². The molecule has 2 aromatic rings. The molecule has 0 radical (unpaired) electrons. The third-order valence-electron chi connectivity index (χ3n) is 3.79. The van der Waals surface area contributed by atoms with Crippen molar-refractivity contribution >= 4 is 39.7 Å². The molecule has 0 amide bonds. The van der Waals surface area contributed by atoms with Crippen molar-refractivity contribution in [2.45, 2.75) is 19.8 Å². The Morgan fingerprint density at radius 2 is 2.09 bits per heavy atom. The van der Waals surface area contributed by atoms with Gasteiger partial charge in [0.1, 0.15) is 0 Å². The van der Waals surface area contributed by atoms with Crippen molar-refractivity contribution in [3.05, 3.63) is 61.7 Å². The Morgan fingerprint density at radius 3 is 2.74 bits per heavy atom. The average molecular weight is 424 g/mol. The van der Waals surface area contributed by atoms with Crippen LogP contribution in [0.5, 0.6) is 0 Å². The monoisotopic (exact) mass is 424 g/mol. The number of halogens is 1. The number of hydrogen-bond donors (Lipinski definition) is 0. The molecule has 0 heterocycles. The van der Waals surface area contributed by atoms with Gasteiger partial charge in [-0.15, -0.1) is 0 Å². The standard InChI is InChI=1S/C17H17IN2O3/c1-12-9-14(18)7-8-17(12)19(23-11-13-5-6-13)15-3-2-4-16(10-15)20(21)22/h2-4,7-10,13H,5-6,11H2,1H3. The Kier molecular flexibility index (Phi) is 4.82. The van der Waals surface area contributed by atoms with E-state index in [1.165, 1.54) is 18.9 Å². The highest BCUT2D eigenvalue weighted by Gasteiger charge is 2.24. The van der Waals surface area contributed by atoms with Crippen molar-refractivity contribution < 1.29 is 9.76 Å². The number of rotatable bonds is 6. The maximum Gasteiger partial charge on any atom is 0.271 e. The largest absolute Gasteiger partial charge is 0.271 e. The van der Waals surface area contributed by atoms with Crippen LogP contribution in [0.3, 0.4) is 0 Å². The van der Waals surface area contributed by atoms with Crippen molar-refractivity contribution in [3.63, 3.8) is 0 Å². The first-order valence-electron chi connectivity index (χ1n) is 7.48. The fraction of sp³-hybridized carbons (Fsp3) is 0.294. The van der Waals surface area contributed by atoms with Gasteiger partial charge in [-0.2, -0.15) is 0 Å². The van der Waals surface area contributed by atoms with Gasteiger partial charge in [-0.05, 0) is 78.1 Å². The third-order valence-corrected chi connectivity index (χ3v) is 4.46. The molecule has 1 aliphatic rings. The van der Waals surface area contributed by atoms with Crippen molar-refractivity contribution in [1.29, 1.82) is 0 Å². The molecule has 6 heteroatoms. The molecule has 23 heavy (non-hydrogen) atoms. The van der Waals surface area contributed by atoms with Crippen LogP contribution >= 0.6 is 22.6 Å². The number of anilines is 2. The number of hydrogen-bond acceptors (Lipinski definition) is 4. The van der Waals surface area contributed by atoms with Gasteiger partial charge in [-0.3, -0.25) is 15.0 Å². The second kappa shape index (κ2) is 6.84. The highest BCUT2D eigenvalue weighted by molar-refractivity contribution is 14.1. The van der Waals surface area contributed by atoms with Gasteiger partial charge in [0.25, 0.3) is 5.69 Å². The quantitative estimate of drug-likeness (QED) is 0.373. The molecule has 1 saturated carbocycles. The second-order valence-electron chi connectivity index (χ2n) is 5.74. The summed E-state index contributed by atoms with van der Waals surface area (Å²) < 4.78 is 1.14. The van der Waals surface area contributed by atoms with Crippen LogP contribution in [0.4, 0.5) is 17.1 Å². The molecule has 0 N–H and O–H groups in total. The van der Waals surface area contributed by atoms with Crippen LogP contribution in [0, 0.1) is 26.5 Å². The minimum Gasteiger partial charge on any atom is -0.268 e. The summed E-state index contributed by atoms with van der Waals surface area (Å²) in [4.78, 5) is 16.7. The van der Waals surface area contributed by atoms with E-state index in [9.17, 15) is 10.1 Å². The van der Waals surface area contributed by atoms with Crippen molar-refractivity contribution in [3.8, 4) is 0 Å². The van der Waals surface area contributed by atoms with E-state index in [1.807, 2.05) is 25.1 Å². The molecule has 0 spiro atoms. The number of benzene rings is 2. The van der Waals surface area contributed by atoms with Crippen LogP contribution < -0.4 is 5.06 Å². The van der Waals surface area contributed by atoms with Crippen molar-refractivity contribution in [2.75, 3.05) is 11.7 Å². The van der Waals surface area contributed by atoms with Gasteiger partial charge >= 0.3 is 0 Å². The number of nitrogens with zero attached hydrogens (tertiary/aromatic N) is 2. The van der Waals surface area contributed by atoms with Gasteiger partial charge in [0, 0.05) is 15.7 Å². The highest BCUT2D eigenvalue weighted by Crippen LogP contribution is 2.35. The lowest BCUT2D eigenvalue weighted by Gasteiger charge is -2.25. The Bertz CT molecular complexity index is 732. The maximum atomic E-state index is 11.0. The number of nitro groups is 1. The number of non-ortho nitro benzene ring substituents is 1. The van der Waals surface area contributed by atoms with Crippen LogP contribution in [-0.4, -0.2) is 11.5 Å². The van der Waals surface area contributed by atoms with Gasteiger partial charge < -0.3 is 0 Å². The van der Waals surface area contributed by atoms with Gasteiger partial charge in [-0.1, -0.05) is 6.07 Å². The molecule has 0 aliphatic heterocycles. The van der Waals surface area contributed by atoms with E-state index >= 15 is 0 Å². The summed E-state index contributed by atoms with van der Waals surface area (Å²) in [6, 6.07) is 12.6. The zero-order chi connectivity index (χ0) is 16.4. The minimum absolute atomic E-state index is 0.0608. The summed E-state index contributed by atoms with van der Waals surface area (Å²) in [6.07, 6.45) is 2.38. The third kappa shape index (κ3) is 4.00. The summed E-state index contributed by atoms with van der Waals surface area (Å²) >= 11 is 2.27. The number of aryl methyl sites for hydroxylation is 1. The summed E-state index contributed by atoms with van der Waals surface area (Å²) in [6.45, 7) is 2.65. The molecule has 0 aromatic heterocycles. The first kappa shape index (κ1) is 16.2. The molecule has 3 rings (SSSR count). The predicted octanol–water partition coefficient (Wildman–Crippen LogP) is 4.99. The predicted molar refractivity (Wildman–Crippen MR) is 97.8 cm³/mol. The zero-order valence-electron chi connectivity index (χ0n) is 12.7. The first-order chi connectivity index (χ1) is 11.0. The molecule has 1 fully saturated rings. The van der Waals surface area contributed by atoms with E-state index < -0.39 is 0 Å². The summed E-state index contributed by atoms with van der Waals surface area (Å²) in [7, 11) is 0.